The first kappa shape index (κ1) is 15.5. The molecule has 0 bridgehead atoms. The standard InChI is InChI=1S/C12H18N2O4S/c1-4-8(2)14-19(17,18)11-7-9(12(15)16)5-6-10(11)13-3/h5-8,13-14H,4H2,1-3H3,(H,15,16)/t8-/m1/s1. The Bertz CT molecular complexity index is 569. The molecule has 0 aliphatic heterocycles. The van der Waals surface area contributed by atoms with Crippen molar-refractivity contribution in [2.24, 2.45) is 0 Å². The summed E-state index contributed by atoms with van der Waals surface area (Å²) in [7, 11) is -2.16. The highest BCUT2D eigenvalue weighted by Crippen LogP contribution is 2.22. The summed E-state index contributed by atoms with van der Waals surface area (Å²) in [5.41, 5.74) is 0.296. The molecule has 3 N–H and O–H groups in total. The van der Waals surface area contributed by atoms with Gasteiger partial charge in [-0.25, -0.2) is 17.9 Å². The zero-order valence-corrected chi connectivity index (χ0v) is 11.9. The fourth-order valence-electron chi connectivity index (χ4n) is 1.50. The molecule has 0 amide bonds. The van der Waals surface area contributed by atoms with Gasteiger partial charge in [0.25, 0.3) is 0 Å². The van der Waals surface area contributed by atoms with Crippen LogP contribution in [0.15, 0.2) is 23.1 Å². The average Bonchev–Trinajstić information content (AvgIpc) is 2.37. The molecular weight excluding hydrogens is 268 g/mol. The molecule has 0 saturated carbocycles. The summed E-state index contributed by atoms with van der Waals surface area (Å²) >= 11 is 0. The molecular formula is C12H18N2O4S. The smallest absolute Gasteiger partial charge is 0.335 e. The Labute approximate surface area is 112 Å². The molecule has 19 heavy (non-hydrogen) atoms. The van der Waals surface area contributed by atoms with E-state index in [1.165, 1.54) is 12.1 Å². The lowest BCUT2D eigenvalue weighted by Crippen LogP contribution is -2.32. The van der Waals surface area contributed by atoms with Gasteiger partial charge >= 0.3 is 5.97 Å². The van der Waals surface area contributed by atoms with Crippen LogP contribution in [-0.4, -0.2) is 32.6 Å². The van der Waals surface area contributed by atoms with E-state index in [-0.39, 0.29) is 16.5 Å². The normalized spacial score (nSPS) is 13.0. The number of sulfonamides is 1. The van der Waals surface area contributed by atoms with Crippen molar-refractivity contribution in [3.05, 3.63) is 23.8 Å². The first-order valence-electron chi connectivity index (χ1n) is 5.89. The Kier molecular flexibility index (Phi) is 4.90. The predicted octanol–water partition coefficient (Wildman–Crippen LogP) is 1.50. The Morgan fingerprint density at radius 1 is 1.42 bits per heavy atom. The molecule has 0 aromatic heterocycles. The quantitative estimate of drug-likeness (QED) is 0.736. The van der Waals surface area contributed by atoms with Crippen molar-refractivity contribution in [3.63, 3.8) is 0 Å². The van der Waals surface area contributed by atoms with Crippen LogP contribution in [0.1, 0.15) is 30.6 Å². The number of anilines is 1. The van der Waals surface area contributed by atoms with Gasteiger partial charge in [0, 0.05) is 13.1 Å². The third kappa shape index (κ3) is 3.68. The van der Waals surface area contributed by atoms with Gasteiger partial charge in [-0.3, -0.25) is 0 Å². The minimum absolute atomic E-state index is 0.0600. The van der Waals surface area contributed by atoms with Crippen molar-refractivity contribution < 1.29 is 18.3 Å². The molecule has 0 unspecified atom stereocenters. The van der Waals surface area contributed by atoms with Crippen molar-refractivity contribution >= 4 is 21.7 Å². The molecule has 106 valence electrons. The topological polar surface area (TPSA) is 95.5 Å². The molecule has 1 aromatic carbocycles. The number of hydrogen-bond acceptors (Lipinski definition) is 4. The van der Waals surface area contributed by atoms with E-state index in [0.717, 1.165) is 6.07 Å². The fraction of sp³-hybridized carbons (Fsp3) is 0.417. The van der Waals surface area contributed by atoms with Gasteiger partial charge in [0.05, 0.1) is 11.3 Å². The number of carboxylic acids is 1. The summed E-state index contributed by atoms with van der Waals surface area (Å²) in [5, 5.41) is 11.7. The molecule has 6 nitrogen and oxygen atoms in total. The first-order valence-corrected chi connectivity index (χ1v) is 7.37. The lowest BCUT2D eigenvalue weighted by atomic mass is 10.2. The summed E-state index contributed by atoms with van der Waals surface area (Å²) in [4.78, 5) is 10.9. The molecule has 0 spiro atoms. The van der Waals surface area contributed by atoms with Crippen LogP contribution in [0.5, 0.6) is 0 Å². The van der Waals surface area contributed by atoms with E-state index >= 15 is 0 Å². The number of carboxylic acid groups (broad SMARTS) is 1. The van der Waals surface area contributed by atoms with Crippen LogP contribution in [0.25, 0.3) is 0 Å². The van der Waals surface area contributed by atoms with E-state index in [2.05, 4.69) is 10.0 Å². The number of hydrogen-bond donors (Lipinski definition) is 3. The van der Waals surface area contributed by atoms with Crippen LogP contribution in [0.2, 0.25) is 0 Å². The maximum Gasteiger partial charge on any atom is 0.335 e. The second-order valence-electron chi connectivity index (χ2n) is 4.20. The Morgan fingerprint density at radius 2 is 2.05 bits per heavy atom. The zero-order valence-electron chi connectivity index (χ0n) is 11.1. The summed E-state index contributed by atoms with van der Waals surface area (Å²) in [6.07, 6.45) is 0.646. The van der Waals surface area contributed by atoms with Crippen molar-refractivity contribution in [3.8, 4) is 0 Å². The second kappa shape index (κ2) is 6.03. The van der Waals surface area contributed by atoms with E-state index < -0.39 is 16.0 Å². The maximum absolute atomic E-state index is 12.2. The van der Waals surface area contributed by atoms with Gasteiger partial charge < -0.3 is 10.4 Å². The summed E-state index contributed by atoms with van der Waals surface area (Å²) in [6.45, 7) is 3.61. The van der Waals surface area contributed by atoms with Crippen LogP contribution in [-0.2, 0) is 10.0 Å². The van der Waals surface area contributed by atoms with Gasteiger partial charge in [0.15, 0.2) is 0 Å². The van der Waals surface area contributed by atoms with Gasteiger partial charge in [-0.2, -0.15) is 0 Å². The minimum Gasteiger partial charge on any atom is -0.478 e. The van der Waals surface area contributed by atoms with Gasteiger partial charge in [-0.15, -0.1) is 0 Å². The van der Waals surface area contributed by atoms with Crippen LogP contribution in [0.4, 0.5) is 5.69 Å². The molecule has 1 atom stereocenters. The molecule has 0 saturated heterocycles. The Balaban J connectivity index is 3.30. The third-order valence-corrected chi connectivity index (χ3v) is 4.39. The number of carbonyl (C=O) groups is 1. The molecule has 0 aliphatic rings. The van der Waals surface area contributed by atoms with Crippen LogP contribution in [0, 0.1) is 0 Å². The van der Waals surface area contributed by atoms with Crippen molar-refractivity contribution in [1.82, 2.24) is 4.72 Å². The lowest BCUT2D eigenvalue weighted by Gasteiger charge is -2.15. The molecule has 0 aliphatic carbocycles. The molecule has 0 radical (unpaired) electrons. The Hall–Kier alpha value is -1.60. The van der Waals surface area contributed by atoms with E-state index in [1.807, 2.05) is 6.92 Å². The van der Waals surface area contributed by atoms with Gasteiger partial charge in [-0.1, -0.05) is 6.92 Å². The third-order valence-electron chi connectivity index (χ3n) is 2.76. The van der Waals surface area contributed by atoms with E-state index in [1.54, 1.807) is 14.0 Å². The highest BCUT2D eigenvalue weighted by atomic mass is 32.2. The fourth-order valence-corrected chi connectivity index (χ4v) is 3.06. The monoisotopic (exact) mass is 286 g/mol. The number of aromatic carboxylic acids is 1. The number of rotatable bonds is 6. The van der Waals surface area contributed by atoms with Crippen LogP contribution < -0.4 is 10.0 Å². The number of nitrogens with one attached hydrogen (secondary N) is 2. The maximum atomic E-state index is 12.2. The highest BCUT2D eigenvalue weighted by Gasteiger charge is 2.21. The van der Waals surface area contributed by atoms with Crippen molar-refractivity contribution in [1.29, 1.82) is 0 Å². The molecule has 0 heterocycles. The molecule has 0 fully saturated rings. The van der Waals surface area contributed by atoms with Crippen molar-refractivity contribution in [2.75, 3.05) is 12.4 Å². The SMILES string of the molecule is CC[C@@H](C)NS(=O)(=O)c1cc(C(=O)O)ccc1NC. The summed E-state index contributed by atoms with van der Waals surface area (Å²) < 4.78 is 26.9. The second-order valence-corrected chi connectivity index (χ2v) is 5.88. The van der Waals surface area contributed by atoms with Crippen molar-refractivity contribution in [2.45, 2.75) is 31.2 Å². The molecule has 1 rings (SSSR count). The molecule has 7 heteroatoms. The number of benzene rings is 1. The van der Waals surface area contributed by atoms with E-state index in [0.29, 0.717) is 12.1 Å². The van der Waals surface area contributed by atoms with E-state index in [9.17, 15) is 13.2 Å². The average molecular weight is 286 g/mol. The van der Waals surface area contributed by atoms with Gasteiger partial charge in [0.2, 0.25) is 10.0 Å². The largest absolute Gasteiger partial charge is 0.478 e. The zero-order chi connectivity index (χ0) is 14.6. The predicted molar refractivity (Wildman–Crippen MR) is 73.0 cm³/mol. The van der Waals surface area contributed by atoms with Gasteiger partial charge in [-0.05, 0) is 31.5 Å². The Morgan fingerprint density at radius 3 is 2.53 bits per heavy atom. The molecule has 1 aromatic rings. The van der Waals surface area contributed by atoms with Gasteiger partial charge in [0.1, 0.15) is 4.90 Å². The highest BCUT2D eigenvalue weighted by molar-refractivity contribution is 7.89. The lowest BCUT2D eigenvalue weighted by molar-refractivity contribution is 0.0696. The summed E-state index contributed by atoms with van der Waals surface area (Å²) in [6, 6.07) is 3.73. The van der Waals surface area contributed by atoms with E-state index in [4.69, 9.17) is 5.11 Å². The summed E-state index contributed by atoms with van der Waals surface area (Å²) in [5.74, 6) is -1.16. The first-order chi connectivity index (χ1) is 8.81. The van der Waals surface area contributed by atoms with Crippen LogP contribution in [0.3, 0.4) is 0 Å². The minimum atomic E-state index is -3.75. The van der Waals surface area contributed by atoms with Crippen LogP contribution >= 0.6 is 0 Å².